The first kappa shape index (κ1) is 30.3. The maximum Gasteiger partial charge on any atom is 0.517 e. The van der Waals surface area contributed by atoms with E-state index in [4.69, 9.17) is 4.98 Å². The average Bonchev–Trinajstić information content (AvgIpc) is 3.66. The summed E-state index contributed by atoms with van der Waals surface area (Å²) in [5, 5.41) is -0.0877. The molecule has 4 atom stereocenters. The van der Waals surface area contributed by atoms with Gasteiger partial charge in [-0.15, -0.1) is 0 Å². The number of nitrogens with zero attached hydrogens (tertiary/aromatic N) is 6. The van der Waals surface area contributed by atoms with Crippen LogP contribution in [0.4, 0.5) is 17.3 Å². The fourth-order valence-electron chi connectivity index (χ4n) is 8.34. The van der Waals surface area contributed by atoms with Crippen LogP contribution >= 0.6 is 0 Å². The van der Waals surface area contributed by atoms with Gasteiger partial charge >= 0.3 is 6.98 Å². The molecular weight excluding hydrogens is 539 g/mol. The Bertz CT molecular complexity index is 1540. The van der Waals surface area contributed by atoms with Crippen LogP contribution in [0, 0.1) is 0 Å². The molecule has 3 aromatic rings. The molecule has 5 heterocycles. The lowest BCUT2D eigenvalue weighted by Gasteiger charge is -2.53. The zero-order chi connectivity index (χ0) is 31.1. The molecule has 0 radical (unpaired) electrons. The van der Waals surface area contributed by atoms with Gasteiger partial charge in [-0.2, -0.15) is 0 Å². The summed E-state index contributed by atoms with van der Waals surface area (Å²) in [5.74, 6) is 2.65. The fraction of sp³-hybridized carbons (Fsp3) is 0.459. The Kier molecular flexibility index (Phi) is 8.25. The summed E-state index contributed by atoms with van der Waals surface area (Å²) in [6.07, 6.45) is 20.2. The Morgan fingerprint density at radius 2 is 1.73 bits per heavy atom. The molecule has 0 aliphatic carbocycles. The van der Waals surface area contributed by atoms with E-state index in [0.717, 1.165) is 31.5 Å². The molecule has 6 nitrogen and oxygen atoms in total. The molecule has 44 heavy (non-hydrogen) atoms. The van der Waals surface area contributed by atoms with Crippen LogP contribution in [0.1, 0.15) is 90.7 Å². The Hall–Kier alpha value is -3.74. The smallest absolute Gasteiger partial charge is 0.359 e. The summed E-state index contributed by atoms with van der Waals surface area (Å²) in [7, 11) is 2.16. The summed E-state index contributed by atoms with van der Waals surface area (Å²) in [4.78, 5) is 14.6. The molecule has 0 amide bonds. The molecule has 0 saturated heterocycles. The molecule has 3 aliphatic heterocycles. The second kappa shape index (κ2) is 12.0. The van der Waals surface area contributed by atoms with E-state index < -0.39 is 0 Å². The van der Waals surface area contributed by atoms with Crippen molar-refractivity contribution in [1.29, 1.82) is 0 Å². The van der Waals surface area contributed by atoms with Crippen LogP contribution in [0.2, 0.25) is 5.31 Å². The Morgan fingerprint density at radius 3 is 2.45 bits per heavy atom. The molecule has 0 spiro atoms. The maximum absolute atomic E-state index is 4.95. The van der Waals surface area contributed by atoms with E-state index in [9.17, 15) is 0 Å². The summed E-state index contributed by atoms with van der Waals surface area (Å²) in [5.41, 5.74) is 3.97. The van der Waals surface area contributed by atoms with Gasteiger partial charge in [0, 0.05) is 43.6 Å². The first-order valence-corrected chi connectivity index (χ1v) is 16.8. The van der Waals surface area contributed by atoms with Crippen LogP contribution < -0.4 is 19.1 Å². The van der Waals surface area contributed by atoms with Crippen LogP contribution in [0.5, 0.6) is 0 Å². The summed E-state index contributed by atoms with van der Waals surface area (Å²) < 4.78 is 2.62. The summed E-state index contributed by atoms with van der Waals surface area (Å²) >= 11 is 0. The van der Waals surface area contributed by atoms with Crippen molar-refractivity contribution in [3.8, 4) is 0 Å². The van der Waals surface area contributed by atoms with E-state index in [1.807, 2.05) is 6.20 Å². The van der Waals surface area contributed by atoms with Crippen molar-refractivity contribution < 1.29 is 4.57 Å². The highest BCUT2D eigenvalue weighted by Gasteiger charge is 2.70. The Labute approximate surface area is 265 Å². The molecule has 0 N–H and O–H groups in total. The van der Waals surface area contributed by atoms with Crippen molar-refractivity contribution in [2.75, 3.05) is 21.6 Å². The predicted molar refractivity (Wildman–Crippen MR) is 185 cm³/mol. The van der Waals surface area contributed by atoms with Gasteiger partial charge in [-0.3, -0.25) is 4.81 Å². The van der Waals surface area contributed by atoms with Crippen molar-refractivity contribution in [1.82, 2.24) is 9.88 Å². The number of benzene rings is 1. The molecular formula is C37H50BN6+. The van der Waals surface area contributed by atoms with E-state index in [1.165, 1.54) is 35.5 Å². The van der Waals surface area contributed by atoms with Crippen LogP contribution in [0.3, 0.4) is 0 Å². The van der Waals surface area contributed by atoms with E-state index in [-0.39, 0.29) is 17.8 Å². The zero-order valence-electron chi connectivity index (χ0n) is 27.8. The monoisotopic (exact) mass is 589 g/mol. The second-order valence-electron chi connectivity index (χ2n) is 13.4. The number of hydrogen-bond acceptors (Lipinski definition) is 5. The van der Waals surface area contributed by atoms with Gasteiger partial charge in [0.05, 0.1) is 17.7 Å². The molecule has 6 rings (SSSR count). The quantitative estimate of drug-likeness (QED) is 0.176. The lowest BCUT2D eigenvalue weighted by Crippen LogP contribution is -2.75. The van der Waals surface area contributed by atoms with Gasteiger partial charge in [0.2, 0.25) is 0 Å². The highest BCUT2D eigenvalue weighted by Crippen LogP contribution is 2.58. The first-order chi connectivity index (χ1) is 21.3. The summed E-state index contributed by atoms with van der Waals surface area (Å²) in [6.45, 7) is 14.4. The number of rotatable bonds is 10. The molecule has 3 aliphatic rings. The number of pyridine rings is 2. The van der Waals surface area contributed by atoms with Crippen molar-refractivity contribution >= 4 is 24.3 Å². The first-order valence-electron chi connectivity index (χ1n) is 16.8. The Balaban J connectivity index is 1.44. The molecule has 4 unspecified atom stereocenters. The standard InChI is InChI=1S/C37H50BN6/c1-8-11-16-31-20-21-39-34(27-31)43-25-26-44-35-19-14-15-22-42(35)37(10-3,36(6,9-2)38(43)44)28-29(4)32-17-12-13-18-33(32)41-24-23-40(7)30(41)5/h12-15,17-27,29-30H,8-11,16,28H2,1-7H3/q+1. The lowest BCUT2D eigenvalue weighted by atomic mass is 9.38. The highest BCUT2D eigenvalue weighted by molar-refractivity contribution is 6.72. The molecule has 7 heteroatoms. The molecule has 0 fully saturated rings. The van der Waals surface area contributed by atoms with Gasteiger partial charge in [-0.05, 0) is 80.3 Å². The molecule has 1 aromatic carbocycles. The van der Waals surface area contributed by atoms with Gasteiger partial charge in [-0.25, -0.2) is 9.55 Å². The van der Waals surface area contributed by atoms with E-state index >= 15 is 0 Å². The molecule has 0 saturated carbocycles. The number of aryl methyl sites for hydroxylation is 1. The number of fused-ring (bicyclic) bond motifs is 3. The van der Waals surface area contributed by atoms with Crippen LogP contribution in [0.25, 0.3) is 0 Å². The third-order valence-corrected chi connectivity index (χ3v) is 11.2. The Morgan fingerprint density at radius 1 is 0.955 bits per heavy atom. The summed E-state index contributed by atoms with van der Waals surface area (Å²) in [6, 6.07) is 20.3. The normalized spacial score (nSPS) is 24.7. The number of para-hydroxylation sites is 1. The highest BCUT2D eigenvalue weighted by atomic mass is 15.4. The van der Waals surface area contributed by atoms with E-state index in [2.05, 4.69) is 158 Å². The predicted octanol–water partition coefficient (Wildman–Crippen LogP) is 8.05. The third kappa shape index (κ3) is 4.71. The average molecular weight is 590 g/mol. The fourth-order valence-corrected chi connectivity index (χ4v) is 8.34. The van der Waals surface area contributed by atoms with Gasteiger partial charge in [0.15, 0.2) is 0 Å². The number of hydrogen-bond donors (Lipinski definition) is 0. The van der Waals surface area contributed by atoms with E-state index in [0.29, 0.717) is 12.1 Å². The van der Waals surface area contributed by atoms with Gasteiger partial charge in [0.25, 0.3) is 5.82 Å². The molecule has 2 aromatic heterocycles. The van der Waals surface area contributed by atoms with Crippen molar-refractivity contribution in [3.63, 3.8) is 0 Å². The largest absolute Gasteiger partial charge is 0.517 e. The number of aromatic nitrogens is 2. The van der Waals surface area contributed by atoms with E-state index in [1.54, 1.807) is 0 Å². The minimum absolute atomic E-state index is 0.0877. The SMILES string of the molecule is CCCCc1ccnc(N2C=CN3B2C(C)(CC)C(CC)(CC(C)c2ccccc2N2C=CN(C)C2C)[n+]2ccccc23)c1. The maximum atomic E-state index is 4.95. The third-order valence-electron chi connectivity index (χ3n) is 11.2. The minimum Gasteiger partial charge on any atom is -0.359 e. The van der Waals surface area contributed by atoms with Crippen LogP contribution in [-0.4, -0.2) is 30.1 Å². The van der Waals surface area contributed by atoms with Crippen molar-refractivity contribution in [2.45, 2.75) is 103 Å². The number of anilines is 3. The van der Waals surface area contributed by atoms with Gasteiger partial charge in [-0.1, -0.05) is 65.3 Å². The van der Waals surface area contributed by atoms with Crippen LogP contribution in [0.15, 0.2) is 91.8 Å². The zero-order valence-corrected chi connectivity index (χ0v) is 27.8. The van der Waals surface area contributed by atoms with Crippen molar-refractivity contribution in [2.24, 2.45) is 0 Å². The van der Waals surface area contributed by atoms with Gasteiger partial charge < -0.3 is 14.6 Å². The second-order valence-corrected chi connectivity index (χ2v) is 13.4. The lowest BCUT2D eigenvalue weighted by molar-refractivity contribution is -0.764. The van der Waals surface area contributed by atoms with Crippen molar-refractivity contribution in [3.05, 3.63) is 103 Å². The molecule has 230 valence electrons. The number of unbranched alkanes of at least 4 members (excludes halogenated alkanes) is 1. The minimum atomic E-state index is -0.126. The topological polar surface area (TPSA) is 29.7 Å². The van der Waals surface area contributed by atoms with Gasteiger partial charge in [0.1, 0.15) is 17.5 Å². The van der Waals surface area contributed by atoms with Crippen LogP contribution in [-0.2, 0) is 12.0 Å². The molecule has 0 bridgehead atoms.